The van der Waals surface area contributed by atoms with Gasteiger partial charge in [0.25, 0.3) is 5.60 Å². The molecule has 0 atom stereocenters. The number of alkyl halides is 6. The van der Waals surface area contributed by atoms with Crippen LogP contribution < -0.4 is 0 Å². The average Bonchev–Trinajstić information content (AvgIpc) is 1.95. The zero-order chi connectivity index (χ0) is 11.6. The lowest BCUT2D eigenvalue weighted by atomic mass is 10.1. The molecule has 86 valence electrons. The minimum Gasteiger partial charge on any atom is -0.358 e. The maximum atomic E-state index is 12.1. The Morgan fingerprint density at radius 2 is 1.29 bits per heavy atom. The van der Waals surface area contributed by atoms with Crippen molar-refractivity contribution in [1.29, 1.82) is 0 Å². The highest BCUT2D eigenvalue weighted by Crippen LogP contribution is 2.45. The van der Waals surface area contributed by atoms with Crippen LogP contribution in [0.5, 0.6) is 0 Å². The molecule has 0 aliphatic carbocycles. The summed E-state index contributed by atoms with van der Waals surface area (Å²) in [6, 6.07) is 0. The van der Waals surface area contributed by atoms with Crippen LogP contribution in [0.4, 0.5) is 26.3 Å². The lowest BCUT2D eigenvalue weighted by Gasteiger charge is -2.33. The van der Waals surface area contributed by atoms with Gasteiger partial charge in [-0.2, -0.15) is 26.3 Å². The topological polar surface area (TPSA) is 9.23 Å². The van der Waals surface area contributed by atoms with E-state index in [0.29, 0.717) is 0 Å². The molecule has 0 saturated carbocycles. The predicted molar refractivity (Wildman–Crippen MR) is 36.8 cm³/mol. The van der Waals surface area contributed by atoms with Gasteiger partial charge in [-0.3, -0.25) is 0 Å². The van der Waals surface area contributed by atoms with Crippen molar-refractivity contribution in [2.75, 3.05) is 6.61 Å². The molecule has 14 heavy (non-hydrogen) atoms. The van der Waals surface area contributed by atoms with Gasteiger partial charge in [0.1, 0.15) is 0 Å². The number of hydrogen-bond acceptors (Lipinski definition) is 1. The van der Waals surface area contributed by atoms with Crippen molar-refractivity contribution < 1.29 is 31.1 Å². The standard InChI is InChI=1S/C7H10F6O/c1-3-4-14-5(2,6(8,9)10)7(11,12)13/h3-4H2,1-2H3. The normalized spacial score (nSPS) is 14.6. The van der Waals surface area contributed by atoms with Gasteiger partial charge < -0.3 is 4.74 Å². The highest BCUT2D eigenvalue weighted by Gasteiger charge is 2.69. The summed E-state index contributed by atoms with van der Waals surface area (Å²) >= 11 is 0. The molecule has 7 heteroatoms. The summed E-state index contributed by atoms with van der Waals surface area (Å²) in [5, 5.41) is 0. The molecule has 0 saturated heterocycles. The van der Waals surface area contributed by atoms with Crippen LogP contribution >= 0.6 is 0 Å². The van der Waals surface area contributed by atoms with Gasteiger partial charge >= 0.3 is 12.4 Å². The maximum Gasteiger partial charge on any atom is 0.426 e. The molecule has 1 nitrogen and oxygen atoms in total. The van der Waals surface area contributed by atoms with E-state index in [2.05, 4.69) is 4.74 Å². The summed E-state index contributed by atoms with van der Waals surface area (Å²) < 4.78 is 76.3. The molecule has 0 rings (SSSR count). The quantitative estimate of drug-likeness (QED) is 0.668. The Bertz CT molecular complexity index is 168. The first-order chi connectivity index (χ1) is 6.06. The van der Waals surface area contributed by atoms with Crippen molar-refractivity contribution in [3.05, 3.63) is 0 Å². The van der Waals surface area contributed by atoms with Crippen LogP contribution in [0.2, 0.25) is 0 Å². The summed E-state index contributed by atoms with van der Waals surface area (Å²) in [5.41, 5.74) is -4.07. The highest BCUT2D eigenvalue weighted by atomic mass is 19.4. The van der Waals surface area contributed by atoms with E-state index in [1.165, 1.54) is 6.92 Å². The molecule has 0 heterocycles. The van der Waals surface area contributed by atoms with Gasteiger partial charge in [0, 0.05) is 6.61 Å². The fourth-order valence-electron chi connectivity index (χ4n) is 0.631. The molecular formula is C7H10F6O. The minimum atomic E-state index is -5.46. The minimum absolute atomic E-state index is 0.0112. The predicted octanol–water partition coefficient (Wildman–Crippen LogP) is 3.30. The molecule has 0 aromatic carbocycles. The fraction of sp³-hybridized carbons (Fsp3) is 1.00. The van der Waals surface area contributed by atoms with Crippen LogP contribution in [0.3, 0.4) is 0 Å². The molecule has 0 aromatic heterocycles. The Labute approximate surface area is 77.0 Å². The van der Waals surface area contributed by atoms with E-state index in [0.717, 1.165) is 0 Å². The third-order valence-electron chi connectivity index (χ3n) is 1.68. The van der Waals surface area contributed by atoms with E-state index in [1.54, 1.807) is 0 Å². The Kier molecular flexibility index (Phi) is 3.83. The van der Waals surface area contributed by atoms with Crippen molar-refractivity contribution in [2.24, 2.45) is 0 Å². The van der Waals surface area contributed by atoms with Gasteiger partial charge in [0.05, 0.1) is 0 Å². The van der Waals surface area contributed by atoms with Gasteiger partial charge in [-0.05, 0) is 13.3 Å². The van der Waals surface area contributed by atoms with Gasteiger partial charge in [0.2, 0.25) is 0 Å². The number of ether oxygens (including phenoxy) is 1. The molecule has 0 fully saturated rings. The summed E-state index contributed by atoms with van der Waals surface area (Å²) in [5.74, 6) is 0. The molecular weight excluding hydrogens is 214 g/mol. The lowest BCUT2D eigenvalue weighted by Crippen LogP contribution is -2.56. The second kappa shape index (κ2) is 3.96. The summed E-state index contributed by atoms with van der Waals surface area (Å²) in [6.45, 7) is 0.825. The molecule has 0 aliphatic heterocycles. The van der Waals surface area contributed by atoms with E-state index in [1.807, 2.05) is 0 Å². The third kappa shape index (κ3) is 2.52. The first-order valence-corrected chi connectivity index (χ1v) is 3.83. The summed E-state index contributed by atoms with van der Waals surface area (Å²) in [6.07, 6.45) is -10.8. The van der Waals surface area contributed by atoms with Gasteiger partial charge in [-0.1, -0.05) is 6.92 Å². The van der Waals surface area contributed by atoms with Crippen molar-refractivity contribution in [3.8, 4) is 0 Å². The van der Waals surface area contributed by atoms with Gasteiger partial charge in [0.15, 0.2) is 0 Å². The van der Waals surface area contributed by atoms with Crippen molar-refractivity contribution in [3.63, 3.8) is 0 Å². The Morgan fingerprint density at radius 3 is 1.50 bits per heavy atom. The molecule has 0 bridgehead atoms. The summed E-state index contributed by atoms with van der Waals surface area (Å²) in [4.78, 5) is 0. The molecule has 0 aromatic rings. The van der Waals surface area contributed by atoms with Crippen molar-refractivity contribution in [1.82, 2.24) is 0 Å². The highest BCUT2D eigenvalue weighted by molar-refractivity contribution is 4.91. The van der Waals surface area contributed by atoms with E-state index in [9.17, 15) is 26.3 Å². The van der Waals surface area contributed by atoms with Crippen LogP contribution in [0.25, 0.3) is 0 Å². The molecule has 0 radical (unpaired) electrons. The molecule has 0 N–H and O–H groups in total. The van der Waals surface area contributed by atoms with Gasteiger partial charge in [-0.15, -0.1) is 0 Å². The van der Waals surface area contributed by atoms with E-state index < -0.39 is 24.6 Å². The van der Waals surface area contributed by atoms with Crippen LogP contribution in [0, 0.1) is 0 Å². The molecule has 0 aliphatic rings. The second-order valence-corrected chi connectivity index (χ2v) is 2.88. The first kappa shape index (κ1) is 13.5. The van der Waals surface area contributed by atoms with E-state index >= 15 is 0 Å². The largest absolute Gasteiger partial charge is 0.426 e. The monoisotopic (exact) mass is 224 g/mol. The molecule has 0 amide bonds. The van der Waals surface area contributed by atoms with Crippen LogP contribution in [-0.4, -0.2) is 24.6 Å². The van der Waals surface area contributed by atoms with Crippen molar-refractivity contribution >= 4 is 0 Å². The summed E-state index contributed by atoms with van der Waals surface area (Å²) in [7, 11) is 0. The van der Waals surface area contributed by atoms with E-state index in [-0.39, 0.29) is 13.3 Å². The Morgan fingerprint density at radius 1 is 0.929 bits per heavy atom. The molecule has 0 unspecified atom stereocenters. The van der Waals surface area contributed by atoms with Crippen molar-refractivity contribution in [2.45, 2.75) is 38.2 Å². The number of halogens is 6. The van der Waals surface area contributed by atoms with E-state index in [4.69, 9.17) is 0 Å². The fourth-order valence-corrected chi connectivity index (χ4v) is 0.631. The van der Waals surface area contributed by atoms with Crippen LogP contribution in [-0.2, 0) is 4.74 Å². The Balaban J connectivity index is 4.87. The lowest BCUT2D eigenvalue weighted by molar-refractivity contribution is -0.374. The SMILES string of the molecule is CCCOC(C)(C(F)(F)F)C(F)(F)F. The number of rotatable bonds is 3. The first-order valence-electron chi connectivity index (χ1n) is 3.83. The Hall–Kier alpha value is -0.460. The third-order valence-corrected chi connectivity index (χ3v) is 1.68. The molecule has 0 spiro atoms. The van der Waals surface area contributed by atoms with Crippen LogP contribution in [0.15, 0.2) is 0 Å². The zero-order valence-corrected chi connectivity index (χ0v) is 7.59. The zero-order valence-electron chi connectivity index (χ0n) is 7.59. The average molecular weight is 224 g/mol. The smallest absolute Gasteiger partial charge is 0.358 e. The number of hydrogen-bond donors (Lipinski definition) is 0. The van der Waals surface area contributed by atoms with Gasteiger partial charge in [-0.25, -0.2) is 0 Å². The maximum absolute atomic E-state index is 12.1. The van der Waals surface area contributed by atoms with Crippen LogP contribution in [0.1, 0.15) is 20.3 Å². The second-order valence-electron chi connectivity index (χ2n) is 2.88.